The van der Waals surface area contributed by atoms with Crippen molar-refractivity contribution in [2.75, 3.05) is 13.7 Å². The molecule has 6 heteroatoms. The van der Waals surface area contributed by atoms with Gasteiger partial charge in [-0.2, -0.15) is 5.26 Å². The van der Waals surface area contributed by atoms with Gasteiger partial charge in [-0.1, -0.05) is 48.5 Å². The van der Waals surface area contributed by atoms with Crippen LogP contribution in [0.3, 0.4) is 0 Å². The summed E-state index contributed by atoms with van der Waals surface area (Å²) in [5, 5.41) is 21.8. The third-order valence-electron chi connectivity index (χ3n) is 5.97. The standard InChI is InChI=1S/C27H26N2O4/c1-32-25-13-26(22-12-6-11-21(22)24(25)15-29-16-27(30)31)33-17-19-9-5-10-20(23(19)14-28)18-7-3-2-4-8-18/h2-5,7-10,13,29H,6,11-12,15-17H2,1H3,(H,30,31). The van der Waals surface area contributed by atoms with Crippen molar-refractivity contribution in [1.82, 2.24) is 5.32 Å². The molecule has 33 heavy (non-hydrogen) atoms. The second kappa shape index (κ2) is 10.2. The van der Waals surface area contributed by atoms with Crippen molar-refractivity contribution >= 4 is 5.97 Å². The topological polar surface area (TPSA) is 91.6 Å². The molecule has 0 spiro atoms. The van der Waals surface area contributed by atoms with Gasteiger partial charge in [0.15, 0.2) is 0 Å². The number of ether oxygens (including phenoxy) is 2. The van der Waals surface area contributed by atoms with Crippen molar-refractivity contribution in [3.63, 3.8) is 0 Å². The van der Waals surface area contributed by atoms with Crippen LogP contribution in [0.15, 0.2) is 54.6 Å². The molecule has 2 N–H and O–H groups in total. The number of carboxylic acid groups (broad SMARTS) is 1. The number of aliphatic carboxylic acids is 1. The van der Waals surface area contributed by atoms with E-state index < -0.39 is 5.97 Å². The van der Waals surface area contributed by atoms with Crippen LogP contribution in [0.1, 0.15) is 34.2 Å². The van der Waals surface area contributed by atoms with E-state index in [1.165, 1.54) is 5.56 Å². The Bertz CT molecular complexity index is 1200. The maximum atomic E-state index is 10.9. The van der Waals surface area contributed by atoms with Crippen LogP contribution >= 0.6 is 0 Å². The Balaban J connectivity index is 1.61. The fourth-order valence-corrected chi connectivity index (χ4v) is 4.46. The molecule has 0 fully saturated rings. The van der Waals surface area contributed by atoms with Gasteiger partial charge in [0.25, 0.3) is 0 Å². The number of nitriles is 1. The van der Waals surface area contributed by atoms with Gasteiger partial charge in [0.1, 0.15) is 24.2 Å². The highest BCUT2D eigenvalue weighted by Gasteiger charge is 2.24. The second-order valence-electron chi connectivity index (χ2n) is 7.97. The predicted molar refractivity (Wildman–Crippen MR) is 125 cm³/mol. The number of carboxylic acids is 1. The number of hydrogen-bond acceptors (Lipinski definition) is 5. The lowest BCUT2D eigenvalue weighted by atomic mass is 9.96. The van der Waals surface area contributed by atoms with Crippen LogP contribution in [-0.4, -0.2) is 24.7 Å². The molecule has 4 rings (SSSR count). The molecule has 0 amide bonds. The average Bonchev–Trinajstić information content (AvgIpc) is 3.33. The molecular weight excluding hydrogens is 416 g/mol. The third kappa shape index (κ3) is 4.84. The Morgan fingerprint density at radius 3 is 2.61 bits per heavy atom. The Labute approximate surface area is 193 Å². The van der Waals surface area contributed by atoms with Gasteiger partial charge in [0.05, 0.1) is 19.2 Å². The smallest absolute Gasteiger partial charge is 0.317 e. The molecule has 0 aliphatic heterocycles. The number of nitrogens with one attached hydrogen (secondary N) is 1. The molecule has 168 valence electrons. The maximum absolute atomic E-state index is 10.9. The molecule has 1 aliphatic carbocycles. The molecule has 3 aromatic rings. The monoisotopic (exact) mass is 442 g/mol. The van der Waals surface area contributed by atoms with Crippen molar-refractivity contribution in [1.29, 1.82) is 5.26 Å². The number of rotatable bonds is 9. The van der Waals surface area contributed by atoms with Crippen molar-refractivity contribution < 1.29 is 19.4 Å². The fourth-order valence-electron chi connectivity index (χ4n) is 4.46. The van der Waals surface area contributed by atoms with Crippen molar-refractivity contribution in [3.8, 4) is 28.7 Å². The summed E-state index contributed by atoms with van der Waals surface area (Å²) in [5.41, 5.74) is 6.63. The molecule has 0 bridgehead atoms. The maximum Gasteiger partial charge on any atom is 0.317 e. The highest BCUT2D eigenvalue weighted by atomic mass is 16.5. The molecule has 3 aromatic carbocycles. The van der Waals surface area contributed by atoms with E-state index in [1.807, 2.05) is 54.6 Å². The van der Waals surface area contributed by atoms with Gasteiger partial charge in [0, 0.05) is 23.7 Å². The van der Waals surface area contributed by atoms with E-state index in [0.29, 0.717) is 17.9 Å². The van der Waals surface area contributed by atoms with E-state index in [1.54, 1.807) is 7.11 Å². The molecule has 0 heterocycles. The first-order valence-corrected chi connectivity index (χ1v) is 11.0. The zero-order valence-electron chi connectivity index (χ0n) is 18.6. The van der Waals surface area contributed by atoms with E-state index in [0.717, 1.165) is 52.8 Å². The molecule has 0 atom stereocenters. The molecule has 1 aliphatic rings. The van der Waals surface area contributed by atoms with Gasteiger partial charge in [-0.3, -0.25) is 4.79 Å². The van der Waals surface area contributed by atoms with Crippen LogP contribution in [0.25, 0.3) is 11.1 Å². The van der Waals surface area contributed by atoms with Crippen LogP contribution in [0.2, 0.25) is 0 Å². The van der Waals surface area contributed by atoms with Crippen LogP contribution in [0.4, 0.5) is 0 Å². The lowest BCUT2D eigenvalue weighted by Gasteiger charge is -2.19. The first-order chi connectivity index (χ1) is 16.1. The molecule has 0 unspecified atom stereocenters. The minimum atomic E-state index is -0.892. The highest BCUT2D eigenvalue weighted by Crippen LogP contribution is 2.39. The molecule has 0 saturated heterocycles. The lowest BCUT2D eigenvalue weighted by Crippen LogP contribution is -2.23. The molecule has 0 aromatic heterocycles. The first-order valence-electron chi connectivity index (χ1n) is 11.0. The van der Waals surface area contributed by atoms with E-state index in [4.69, 9.17) is 14.6 Å². The summed E-state index contributed by atoms with van der Waals surface area (Å²) >= 11 is 0. The molecule has 0 saturated carbocycles. The zero-order chi connectivity index (χ0) is 23.2. The first kappa shape index (κ1) is 22.4. The largest absolute Gasteiger partial charge is 0.496 e. The van der Waals surface area contributed by atoms with Gasteiger partial charge in [-0.15, -0.1) is 0 Å². The summed E-state index contributed by atoms with van der Waals surface area (Å²) in [6.45, 7) is 0.594. The lowest BCUT2D eigenvalue weighted by molar-refractivity contribution is -0.136. The molecular formula is C27H26N2O4. The number of methoxy groups -OCH3 is 1. The second-order valence-corrected chi connectivity index (χ2v) is 7.97. The average molecular weight is 443 g/mol. The number of nitrogens with zero attached hydrogens (tertiary/aromatic N) is 1. The van der Waals surface area contributed by atoms with Crippen LogP contribution in [0, 0.1) is 11.3 Å². The summed E-state index contributed by atoms with van der Waals surface area (Å²) in [7, 11) is 1.61. The van der Waals surface area contributed by atoms with Gasteiger partial charge in [-0.25, -0.2) is 0 Å². The predicted octanol–water partition coefficient (Wildman–Crippen LogP) is 4.48. The van der Waals surface area contributed by atoms with E-state index in [9.17, 15) is 10.1 Å². The summed E-state index contributed by atoms with van der Waals surface area (Å²) < 4.78 is 11.9. The van der Waals surface area contributed by atoms with Crippen molar-refractivity contribution in [2.45, 2.75) is 32.4 Å². The highest BCUT2D eigenvalue weighted by molar-refractivity contribution is 5.72. The van der Waals surface area contributed by atoms with Crippen molar-refractivity contribution in [2.24, 2.45) is 0 Å². The Morgan fingerprint density at radius 2 is 1.88 bits per heavy atom. The summed E-state index contributed by atoms with van der Waals surface area (Å²) in [4.78, 5) is 10.9. The quantitative estimate of drug-likeness (QED) is 0.508. The summed E-state index contributed by atoms with van der Waals surface area (Å²) in [5.74, 6) is 0.550. The Morgan fingerprint density at radius 1 is 1.09 bits per heavy atom. The number of benzene rings is 3. The summed E-state index contributed by atoms with van der Waals surface area (Å²) in [6.07, 6.45) is 2.81. The Hall–Kier alpha value is -3.82. The van der Waals surface area contributed by atoms with Gasteiger partial charge in [0.2, 0.25) is 0 Å². The van der Waals surface area contributed by atoms with Crippen LogP contribution in [0.5, 0.6) is 11.5 Å². The van der Waals surface area contributed by atoms with E-state index in [-0.39, 0.29) is 13.2 Å². The van der Waals surface area contributed by atoms with Crippen LogP contribution < -0.4 is 14.8 Å². The number of fused-ring (bicyclic) bond motifs is 1. The number of carbonyl (C=O) groups is 1. The van der Waals surface area contributed by atoms with Crippen LogP contribution in [-0.2, 0) is 30.8 Å². The zero-order valence-corrected chi connectivity index (χ0v) is 18.6. The molecule has 0 radical (unpaired) electrons. The SMILES string of the molecule is COc1cc(OCc2cccc(-c3ccccc3)c2C#N)c2c(c1CNCC(=O)O)CCC2. The van der Waals surface area contributed by atoms with E-state index >= 15 is 0 Å². The normalized spacial score (nSPS) is 12.1. The van der Waals surface area contributed by atoms with E-state index in [2.05, 4.69) is 11.4 Å². The minimum Gasteiger partial charge on any atom is -0.496 e. The Kier molecular flexibility index (Phi) is 6.92. The minimum absolute atomic E-state index is 0.106. The summed E-state index contributed by atoms with van der Waals surface area (Å²) in [6, 6.07) is 19.9. The third-order valence-corrected chi connectivity index (χ3v) is 5.97. The van der Waals surface area contributed by atoms with Gasteiger partial charge >= 0.3 is 5.97 Å². The number of hydrogen-bond donors (Lipinski definition) is 2. The van der Waals surface area contributed by atoms with Gasteiger partial charge in [-0.05, 0) is 41.5 Å². The van der Waals surface area contributed by atoms with Gasteiger partial charge < -0.3 is 19.9 Å². The molecule has 6 nitrogen and oxygen atoms in total. The van der Waals surface area contributed by atoms with Crippen molar-refractivity contribution in [3.05, 3.63) is 82.4 Å². The fraction of sp³-hybridized carbons (Fsp3) is 0.259.